The Labute approximate surface area is 125 Å². The summed E-state index contributed by atoms with van der Waals surface area (Å²) >= 11 is 3.48. The molecule has 1 heterocycles. The van der Waals surface area contributed by atoms with E-state index in [9.17, 15) is 0 Å². The Bertz CT molecular complexity index is 786. The smallest absolute Gasteiger partial charge is 0.221 e. The zero-order valence-corrected chi connectivity index (χ0v) is 12.5. The van der Waals surface area contributed by atoms with Crippen molar-refractivity contribution in [2.75, 3.05) is 11.1 Å². The molecule has 20 heavy (non-hydrogen) atoms. The summed E-state index contributed by atoms with van der Waals surface area (Å²) in [6.45, 7) is 1.94. The Morgan fingerprint density at radius 3 is 2.70 bits per heavy atom. The highest BCUT2D eigenvalue weighted by atomic mass is 79.9. The Hall–Kier alpha value is -2.14. The van der Waals surface area contributed by atoms with Crippen LogP contribution in [0.1, 0.15) is 5.56 Å². The van der Waals surface area contributed by atoms with E-state index in [0.29, 0.717) is 0 Å². The average molecular weight is 329 g/mol. The van der Waals surface area contributed by atoms with E-state index in [-0.39, 0.29) is 5.95 Å². The number of hydrogen-bond acceptors (Lipinski definition) is 4. The Kier molecular flexibility index (Phi) is 3.28. The van der Waals surface area contributed by atoms with Gasteiger partial charge in [0.1, 0.15) is 5.82 Å². The van der Waals surface area contributed by atoms with E-state index in [0.717, 1.165) is 26.9 Å². The fraction of sp³-hybridized carbons (Fsp3) is 0.0667. The molecular weight excluding hydrogens is 316 g/mol. The minimum atomic E-state index is 0.266. The molecule has 0 bridgehead atoms. The van der Waals surface area contributed by atoms with Crippen molar-refractivity contribution in [3.63, 3.8) is 0 Å². The van der Waals surface area contributed by atoms with Gasteiger partial charge in [0.2, 0.25) is 5.95 Å². The van der Waals surface area contributed by atoms with Crippen molar-refractivity contribution in [3.05, 3.63) is 52.6 Å². The van der Waals surface area contributed by atoms with Crippen LogP contribution < -0.4 is 11.1 Å². The number of nitrogens with one attached hydrogen (secondary N) is 1. The zero-order valence-electron chi connectivity index (χ0n) is 10.9. The summed E-state index contributed by atoms with van der Waals surface area (Å²) in [6.07, 6.45) is 1.71. The summed E-state index contributed by atoms with van der Waals surface area (Å²) in [4.78, 5) is 8.17. The maximum absolute atomic E-state index is 5.62. The number of rotatable bonds is 2. The van der Waals surface area contributed by atoms with Crippen LogP contribution in [0.5, 0.6) is 0 Å². The van der Waals surface area contributed by atoms with E-state index in [1.54, 1.807) is 6.20 Å². The van der Waals surface area contributed by atoms with E-state index in [1.807, 2.05) is 19.1 Å². The summed E-state index contributed by atoms with van der Waals surface area (Å²) in [5.74, 6) is 0.997. The highest BCUT2D eigenvalue weighted by Crippen LogP contribution is 2.25. The average Bonchev–Trinajstić information content (AvgIpc) is 2.43. The standard InChI is InChI=1S/C15H13BrN4/c1-9-8-18-15(17)20-14(9)19-13-5-3-10-6-12(16)4-2-11(10)7-13/h2-8H,1H3,(H3,17,18,19,20). The molecule has 0 fully saturated rings. The lowest BCUT2D eigenvalue weighted by Gasteiger charge is -2.09. The number of hydrogen-bond donors (Lipinski definition) is 2. The van der Waals surface area contributed by atoms with Gasteiger partial charge in [0.25, 0.3) is 0 Å². The van der Waals surface area contributed by atoms with Gasteiger partial charge in [0.05, 0.1) is 0 Å². The van der Waals surface area contributed by atoms with Crippen LogP contribution >= 0.6 is 15.9 Å². The molecule has 3 aromatic rings. The Morgan fingerprint density at radius 1 is 1.10 bits per heavy atom. The molecule has 0 saturated carbocycles. The first kappa shape index (κ1) is 12.9. The van der Waals surface area contributed by atoms with Crippen molar-refractivity contribution in [1.82, 2.24) is 9.97 Å². The lowest BCUT2D eigenvalue weighted by molar-refractivity contribution is 1.15. The largest absolute Gasteiger partial charge is 0.368 e. The quantitative estimate of drug-likeness (QED) is 0.745. The molecule has 100 valence electrons. The molecule has 0 spiro atoms. The number of aryl methyl sites for hydroxylation is 1. The van der Waals surface area contributed by atoms with Gasteiger partial charge in [-0.15, -0.1) is 0 Å². The summed E-state index contributed by atoms with van der Waals surface area (Å²) in [7, 11) is 0. The fourth-order valence-electron chi connectivity index (χ4n) is 2.01. The van der Waals surface area contributed by atoms with Crippen molar-refractivity contribution in [2.45, 2.75) is 6.92 Å². The van der Waals surface area contributed by atoms with E-state index >= 15 is 0 Å². The second-order valence-electron chi connectivity index (χ2n) is 4.59. The van der Waals surface area contributed by atoms with Crippen molar-refractivity contribution >= 4 is 44.2 Å². The number of anilines is 3. The highest BCUT2D eigenvalue weighted by molar-refractivity contribution is 9.10. The predicted molar refractivity (Wildman–Crippen MR) is 86.1 cm³/mol. The molecule has 0 aliphatic heterocycles. The lowest BCUT2D eigenvalue weighted by atomic mass is 10.1. The monoisotopic (exact) mass is 328 g/mol. The van der Waals surface area contributed by atoms with Gasteiger partial charge < -0.3 is 11.1 Å². The molecular formula is C15H13BrN4. The third-order valence-electron chi connectivity index (χ3n) is 3.06. The minimum Gasteiger partial charge on any atom is -0.368 e. The lowest BCUT2D eigenvalue weighted by Crippen LogP contribution is -2.01. The van der Waals surface area contributed by atoms with Gasteiger partial charge in [0.15, 0.2) is 0 Å². The topological polar surface area (TPSA) is 63.8 Å². The fourth-order valence-corrected chi connectivity index (χ4v) is 2.39. The molecule has 4 nitrogen and oxygen atoms in total. The van der Waals surface area contributed by atoms with Crippen LogP contribution in [0.4, 0.5) is 17.5 Å². The van der Waals surface area contributed by atoms with E-state index in [1.165, 1.54) is 5.39 Å². The van der Waals surface area contributed by atoms with Gasteiger partial charge >= 0.3 is 0 Å². The molecule has 0 aliphatic carbocycles. The zero-order chi connectivity index (χ0) is 14.1. The second-order valence-corrected chi connectivity index (χ2v) is 5.51. The third kappa shape index (κ3) is 2.58. The first-order valence-corrected chi connectivity index (χ1v) is 6.96. The first-order valence-electron chi connectivity index (χ1n) is 6.17. The number of halogens is 1. The van der Waals surface area contributed by atoms with Crippen LogP contribution in [0.15, 0.2) is 47.1 Å². The summed E-state index contributed by atoms with van der Waals surface area (Å²) in [5.41, 5.74) is 7.55. The van der Waals surface area contributed by atoms with Crippen molar-refractivity contribution < 1.29 is 0 Å². The number of aromatic nitrogens is 2. The highest BCUT2D eigenvalue weighted by Gasteiger charge is 2.03. The molecule has 0 unspecified atom stereocenters. The molecule has 0 aliphatic rings. The number of fused-ring (bicyclic) bond motifs is 1. The minimum absolute atomic E-state index is 0.266. The van der Waals surface area contributed by atoms with Gasteiger partial charge in [-0.2, -0.15) is 4.98 Å². The number of nitrogens with two attached hydrogens (primary N) is 1. The third-order valence-corrected chi connectivity index (χ3v) is 3.55. The number of benzene rings is 2. The molecule has 3 N–H and O–H groups in total. The van der Waals surface area contributed by atoms with Crippen molar-refractivity contribution in [3.8, 4) is 0 Å². The van der Waals surface area contributed by atoms with Crippen LogP contribution in [0, 0.1) is 6.92 Å². The summed E-state index contributed by atoms with van der Waals surface area (Å²) in [6, 6.07) is 12.4. The van der Waals surface area contributed by atoms with Crippen LogP contribution in [-0.4, -0.2) is 9.97 Å². The maximum Gasteiger partial charge on any atom is 0.221 e. The molecule has 5 heteroatoms. The van der Waals surface area contributed by atoms with Gasteiger partial charge in [-0.1, -0.05) is 28.1 Å². The first-order chi connectivity index (χ1) is 9.61. The van der Waals surface area contributed by atoms with E-state index in [4.69, 9.17) is 5.73 Å². The molecule has 1 aromatic heterocycles. The van der Waals surface area contributed by atoms with Crippen molar-refractivity contribution in [1.29, 1.82) is 0 Å². The Balaban J connectivity index is 1.98. The van der Waals surface area contributed by atoms with E-state index < -0.39 is 0 Å². The van der Waals surface area contributed by atoms with Gasteiger partial charge in [-0.3, -0.25) is 0 Å². The maximum atomic E-state index is 5.62. The SMILES string of the molecule is Cc1cnc(N)nc1Nc1ccc2cc(Br)ccc2c1. The van der Waals surface area contributed by atoms with Crippen LogP contribution in [0.25, 0.3) is 10.8 Å². The number of nitrogens with zero attached hydrogens (tertiary/aromatic N) is 2. The van der Waals surface area contributed by atoms with Gasteiger partial charge in [0, 0.05) is 21.9 Å². The molecule has 0 amide bonds. The second kappa shape index (κ2) is 5.09. The molecule has 2 aromatic carbocycles. The van der Waals surface area contributed by atoms with Crippen LogP contribution in [0.3, 0.4) is 0 Å². The predicted octanol–water partition coefficient (Wildman–Crippen LogP) is 4.03. The summed E-state index contributed by atoms with van der Waals surface area (Å²) in [5, 5.41) is 5.63. The van der Waals surface area contributed by atoms with Crippen LogP contribution in [-0.2, 0) is 0 Å². The van der Waals surface area contributed by atoms with Crippen molar-refractivity contribution in [2.24, 2.45) is 0 Å². The van der Waals surface area contributed by atoms with E-state index in [2.05, 4.69) is 55.5 Å². The Morgan fingerprint density at radius 2 is 1.85 bits per heavy atom. The number of nitrogen functional groups attached to an aromatic ring is 1. The molecule has 0 atom stereocenters. The van der Waals surface area contributed by atoms with Crippen LogP contribution in [0.2, 0.25) is 0 Å². The van der Waals surface area contributed by atoms with Gasteiger partial charge in [-0.25, -0.2) is 4.98 Å². The molecule has 0 saturated heterocycles. The van der Waals surface area contributed by atoms with Gasteiger partial charge in [-0.05, 0) is 42.0 Å². The molecule has 3 rings (SSSR count). The summed E-state index contributed by atoms with van der Waals surface area (Å²) < 4.78 is 1.07. The molecule has 0 radical (unpaired) electrons. The normalized spacial score (nSPS) is 10.7.